The first-order valence-electron chi connectivity index (χ1n) is 10.2. The van der Waals surface area contributed by atoms with Gasteiger partial charge in [0, 0.05) is 57.3 Å². The third kappa shape index (κ3) is 4.34. The minimum atomic E-state index is -0.0943. The minimum Gasteiger partial charge on any atom is -0.379 e. The summed E-state index contributed by atoms with van der Waals surface area (Å²) in [5.74, 6) is 0.255. The van der Waals surface area contributed by atoms with Crippen LogP contribution in [0.4, 0.5) is 0 Å². The van der Waals surface area contributed by atoms with Crippen LogP contribution in [0.15, 0.2) is 18.2 Å². The summed E-state index contributed by atoms with van der Waals surface area (Å²) < 4.78 is 5.38. The molecule has 0 aromatic heterocycles. The van der Waals surface area contributed by atoms with E-state index in [4.69, 9.17) is 16.3 Å². The smallest absolute Gasteiger partial charge is 0.227 e. The number of morpholine rings is 1. The summed E-state index contributed by atoms with van der Waals surface area (Å²) >= 11 is 6.29. The van der Waals surface area contributed by atoms with Gasteiger partial charge in [-0.05, 0) is 30.0 Å². The van der Waals surface area contributed by atoms with E-state index in [0.29, 0.717) is 39.0 Å². The number of benzene rings is 1. The summed E-state index contributed by atoms with van der Waals surface area (Å²) in [6.45, 7) is 6.76. The van der Waals surface area contributed by atoms with E-state index in [2.05, 4.69) is 11.0 Å². The molecule has 0 bridgehead atoms. The van der Waals surface area contributed by atoms with E-state index in [9.17, 15) is 9.59 Å². The molecule has 0 spiro atoms. The molecule has 2 amide bonds. The van der Waals surface area contributed by atoms with Crippen LogP contribution in [0.5, 0.6) is 0 Å². The molecule has 0 unspecified atom stereocenters. The van der Waals surface area contributed by atoms with Crippen molar-refractivity contribution >= 4 is 23.4 Å². The molecule has 0 radical (unpaired) electrons. The van der Waals surface area contributed by atoms with Crippen molar-refractivity contribution in [3.8, 4) is 0 Å². The molecule has 6 nitrogen and oxygen atoms in total. The maximum absolute atomic E-state index is 13.1. The average Bonchev–Trinajstić information content (AvgIpc) is 2.73. The quantitative estimate of drug-likeness (QED) is 0.766. The van der Waals surface area contributed by atoms with Crippen LogP contribution >= 0.6 is 11.6 Å². The highest BCUT2D eigenvalue weighted by Crippen LogP contribution is 2.28. The lowest BCUT2D eigenvalue weighted by atomic mass is 9.93. The zero-order valence-electron chi connectivity index (χ0n) is 16.2. The molecule has 0 saturated carbocycles. The molecule has 7 heteroatoms. The van der Waals surface area contributed by atoms with Crippen molar-refractivity contribution in [2.24, 2.45) is 5.92 Å². The fourth-order valence-electron chi connectivity index (χ4n) is 4.43. The van der Waals surface area contributed by atoms with E-state index >= 15 is 0 Å². The SMILES string of the molecule is O=C1CC[C@H](C(=O)N2CCc3c(Cl)cccc3C2)CN1CCN1CCOCC1. The lowest BCUT2D eigenvalue weighted by Gasteiger charge is -2.37. The Kier molecular flexibility index (Phi) is 6.19. The molecule has 3 heterocycles. The monoisotopic (exact) mass is 405 g/mol. The number of carbonyl (C=O) groups excluding carboxylic acids is 2. The maximum atomic E-state index is 13.1. The predicted molar refractivity (Wildman–Crippen MR) is 107 cm³/mol. The van der Waals surface area contributed by atoms with Crippen LogP contribution in [-0.2, 0) is 27.3 Å². The van der Waals surface area contributed by atoms with Gasteiger partial charge in [0.05, 0.1) is 19.1 Å². The summed E-state index contributed by atoms with van der Waals surface area (Å²) in [6.07, 6.45) is 1.92. The van der Waals surface area contributed by atoms with Crippen molar-refractivity contribution in [3.05, 3.63) is 34.3 Å². The van der Waals surface area contributed by atoms with Crippen molar-refractivity contribution in [3.63, 3.8) is 0 Å². The van der Waals surface area contributed by atoms with E-state index in [1.807, 2.05) is 21.9 Å². The highest BCUT2D eigenvalue weighted by molar-refractivity contribution is 6.31. The zero-order valence-corrected chi connectivity index (χ0v) is 17.0. The number of piperidine rings is 1. The number of ether oxygens (including phenoxy) is 1. The highest BCUT2D eigenvalue weighted by Gasteiger charge is 2.34. The van der Waals surface area contributed by atoms with Crippen LogP contribution in [-0.4, -0.2) is 79.0 Å². The predicted octanol–water partition coefficient (Wildman–Crippen LogP) is 1.80. The molecule has 28 heavy (non-hydrogen) atoms. The number of fused-ring (bicyclic) bond motifs is 1. The van der Waals surface area contributed by atoms with Gasteiger partial charge in [-0.25, -0.2) is 0 Å². The molecule has 2 fully saturated rings. The molecule has 0 N–H and O–H groups in total. The number of nitrogens with zero attached hydrogens (tertiary/aromatic N) is 3. The van der Waals surface area contributed by atoms with Gasteiger partial charge in [0.2, 0.25) is 11.8 Å². The van der Waals surface area contributed by atoms with Crippen LogP contribution < -0.4 is 0 Å². The summed E-state index contributed by atoms with van der Waals surface area (Å²) in [5.41, 5.74) is 2.31. The van der Waals surface area contributed by atoms with Gasteiger partial charge in [0.25, 0.3) is 0 Å². The summed E-state index contributed by atoms with van der Waals surface area (Å²) in [5, 5.41) is 0.794. The number of hydrogen-bond donors (Lipinski definition) is 0. The Morgan fingerprint density at radius 2 is 1.96 bits per heavy atom. The third-order valence-corrected chi connectivity index (χ3v) is 6.51. The molecule has 0 aliphatic carbocycles. The second-order valence-corrected chi connectivity index (χ2v) is 8.32. The molecule has 2 saturated heterocycles. The van der Waals surface area contributed by atoms with E-state index in [-0.39, 0.29) is 17.7 Å². The topological polar surface area (TPSA) is 53.1 Å². The van der Waals surface area contributed by atoms with E-state index in [1.54, 1.807) is 0 Å². The molecule has 4 rings (SSSR count). The van der Waals surface area contributed by atoms with Gasteiger partial charge >= 0.3 is 0 Å². The van der Waals surface area contributed by atoms with Crippen LogP contribution in [0.1, 0.15) is 24.0 Å². The van der Waals surface area contributed by atoms with Gasteiger partial charge in [-0.2, -0.15) is 0 Å². The average molecular weight is 406 g/mol. The van der Waals surface area contributed by atoms with Gasteiger partial charge in [-0.15, -0.1) is 0 Å². The standard InChI is InChI=1S/C21H28ClN3O3/c22-19-3-1-2-16-14-25(7-6-18(16)19)21(27)17-4-5-20(26)24(15-17)9-8-23-10-12-28-13-11-23/h1-3,17H,4-15H2/t17-/m0/s1. The van der Waals surface area contributed by atoms with Crippen LogP contribution in [0.3, 0.4) is 0 Å². The van der Waals surface area contributed by atoms with E-state index < -0.39 is 0 Å². The van der Waals surface area contributed by atoms with Crippen LogP contribution in [0, 0.1) is 5.92 Å². The van der Waals surface area contributed by atoms with E-state index in [0.717, 1.165) is 49.9 Å². The normalized spacial score (nSPS) is 23.6. The number of amides is 2. The third-order valence-electron chi connectivity index (χ3n) is 6.16. The van der Waals surface area contributed by atoms with Crippen molar-refractivity contribution in [1.29, 1.82) is 0 Å². The van der Waals surface area contributed by atoms with E-state index in [1.165, 1.54) is 5.56 Å². The molecule has 1 atom stereocenters. The Hall–Kier alpha value is -1.63. The Bertz CT molecular complexity index is 736. The fraction of sp³-hybridized carbons (Fsp3) is 0.619. The molecular formula is C21H28ClN3O3. The van der Waals surface area contributed by atoms with Crippen molar-refractivity contribution in [2.45, 2.75) is 25.8 Å². The van der Waals surface area contributed by atoms with Gasteiger partial charge in [0.15, 0.2) is 0 Å². The largest absolute Gasteiger partial charge is 0.379 e. The fourth-order valence-corrected chi connectivity index (χ4v) is 4.72. The van der Waals surface area contributed by atoms with Gasteiger partial charge in [-0.1, -0.05) is 23.7 Å². The molecule has 152 valence electrons. The van der Waals surface area contributed by atoms with Crippen LogP contribution in [0.25, 0.3) is 0 Å². The summed E-state index contributed by atoms with van der Waals surface area (Å²) in [7, 11) is 0. The van der Waals surface area contributed by atoms with Crippen molar-refractivity contribution in [2.75, 3.05) is 52.5 Å². The van der Waals surface area contributed by atoms with Gasteiger partial charge in [0.1, 0.15) is 0 Å². The number of rotatable bonds is 4. The first-order valence-corrected chi connectivity index (χ1v) is 10.6. The lowest BCUT2D eigenvalue weighted by Crippen LogP contribution is -2.50. The zero-order chi connectivity index (χ0) is 19.5. The Morgan fingerprint density at radius 1 is 1.14 bits per heavy atom. The minimum absolute atomic E-state index is 0.0943. The highest BCUT2D eigenvalue weighted by atomic mass is 35.5. The molecular weight excluding hydrogens is 378 g/mol. The number of halogens is 1. The number of hydrogen-bond acceptors (Lipinski definition) is 4. The Morgan fingerprint density at radius 3 is 2.79 bits per heavy atom. The van der Waals surface area contributed by atoms with Crippen molar-refractivity contribution < 1.29 is 14.3 Å². The molecule has 3 aliphatic rings. The number of likely N-dealkylation sites (tertiary alicyclic amines) is 1. The maximum Gasteiger partial charge on any atom is 0.227 e. The molecule has 1 aromatic rings. The van der Waals surface area contributed by atoms with Gasteiger partial charge < -0.3 is 14.5 Å². The van der Waals surface area contributed by atoms with Crippen LogP contribution in [0.2, 0.25) is 5.02 Å². The summed E-state index contributed by atoms with van der Waals surface area (Å²) in [4.78, 5) is 31.6. The Labute approximate surface area is 171 Å². The second kappa shape index (κ2) is 8.80. The van der Waals surface area contributed by atoms with Crippen molar-refractivity contribution in [1.82, 2.24) is 14.7 Å². The Balaban J connectivity index is 1.34. The first-order chi connectivity index (χ1) is 13.6. The molecule has 1 aromatic carbocycles. The van der Waals surface area contributed by atoms with Gasteiger partial charge in [-0.3, -0.25) is 14.5 Å². The second-order valence-electron chi connectivity index (χ2n) is 7.92. The summed E-state index contributed by atoms with van der Waals surface area (Å²) in [6, 6.07) is 5.92. The number of carbonyl (C=O) groups is 2. The molecule has 3 aliphatic heterocycles. The lowest BCUT2D eigenvalue weighted by molar-refractivity contribution is -0.143. The first kappa shape index (κ1) is 19.7.